The van der Waals surface area contributed by atoms with Crippen LogP contribution in [0.2, 0.25) is 0 Å². The van der Waals surface area contributed by atoms with Crippen molar-refractivity contribution in [1.29, 1.82) is 0 Å². The number of ether oxygens (including phenoxy) is 1. The van der Waals surface area contributed by atoms with Gasteiger partial charge in [0, 0.05) is 38.1 Å². The molecule has 1 saturated carbocycles. The van der Waals surface area contributed by atoms with Gasteiger partial charge in [0.25, 0.3) is 5.91 Å². The van der Waals surface area contributed by atoms with Crippen LogP contribution < -0.4 is 5.32 Å². The Hall–Kier alpha value is -2.60. The fourth-order valence-electron chi connectivity index (χ4n) is 5.73. The summed E-state index contributed by atoms with van der Waals surface area (Å²) < 4.78 is 7.29. The first-order valence-electron chi connectivity index (χ1n) is 11.8. The van der Waals surface area contributed by atoms with E-state index >= 15 is 0 Å². The van der Waals surface area contributed by atoms with Crippen molar-refractivity contribution in [1.82, 2.24) is 14.8 Å². The Morgan fingerprint density at radius 3 is 2.53 bits per heavy atom. The summed E-state index contributed by atoms with van der Waals surface area (Å²) in [5.41, 5.74) is 3.65. The molecule has 1 spiro atoms. The summed E-state index contributed by atoms with van der Waals surface area (Å²) in [5, 5.41) is 3.04. The number of carbonyl (C=O) groups excluding carboxylic acids is 2. The monoisotopic (exact) mass is 437 g/mol. The van der Waals surface area contributed by atoms with Gasteiger partial charge in [-0.1, -0.05) is 49.6 Å². The van der Waals surface area contributed by atoms with Gasteiger partial charge >= 0.3 is 0 Å². The van der Waals surface area contributed by atoms with Crippen LogP contribution in [-0.4, -0.2) is 48.1 Å². The average Bonchev–Trinajstić information content (AvgIpc) is 3.11. The van der Waals surface area contributed by atoms with E-state index in [0.29, 0.717) is 25.3 Å². The lowest BCUT2D eigenvalue weighted by Crippen LogP contribution is -2.64. The van der Waals surface area contributed by atoms with E-state index in [0.717, 1.165) is 43.6 Å². The lowest BCUT2D eigenvalue weighted by molar-refractivity contribution is -0.178. The largest absolute Gasteiger partial charge is 0.383 e. The van der Waals surface area contributed by atoms with Crippen LogP contribution in [0.5, 0.6) is 0 Å². The van der Waals surface area contributed by atoms with E-state index in [2.05, 4.69) is 22.0 Å². The van der Waals surface area contributed by atoms with Crippen LogP contribution in [-0.2, 0) is 16.1 Å². The highest BCUT2D eigenvalue weighted by atomic mass is 16.5. The molecule has 1 aliphatic heterocycles. The molecule has 1 aromatic carbocycles. The summed E-state index contributed by atoms with van der Waals surface area (Å²) >= 11 is 0. The van der Waals surface area contributed by atoms with Crippen molar-refractivity contribution in [3.8, 4) is 0 Å². The van der Waals surface area contributed by atoms with E-state index in [1.807, 2.05) is 43.0 Å². The summed E-state index contributed by atoms with van der Waals surface area (Å²) in [6, 6.07) is 12.4. The Labute approximate surface area is 190 Å². The van der Waals surface area contributed by atoms with Crippen molar-refractivity contribution in [2.24, 2.45) is 5.41 Å². The lowest BCUT2D eigenvalue weighted by atomic mass is 9.60. The number of β-lactam (4-membered cyclic amide) rings is 1. The zero-order chi connectivity index (χ0) is 22.7. The van der Waals surface area contributed by atoms with Gasteiger partial charge in [0.15, 0.2) is 0 Å². The molecule has 1 aliphatic carbocycles. The number of likely N-dealkylation sites (tertiary alicyclic amines) is 1. The van der Waals surface area contributed by atoms with E-state index in [1.165, 1.54) is 12.0 Å². The number of nitrogens with zero attached hydrogens (tertiary/aromatic N) is 2. The minimum Gasteiger partial charge on any atom is -0.383 e. The zero-order valence-electron chi connectivity index (χ0n) is 19.5. The highest BCUT2D eigenvalue weighted by Gasteiger charge is 2.60. The number of hydrogen-bond acceptors (Lipinski definition) is 3. The molecular weight excluding hydrogens is 402 g/mol. The molecule has 0 radical (unpaired) electrons. The van der Waals surface area contributed by atoms with Crippen LogP contribution >= 0.6 is 0 Å². The molecular formula is C26H35N3O3. The van der Waals surface area contributed by atoms with Gasteiger partial charge in [0.1, 0.15) is 0 Å². The van der Waals surface area contributed by atoms with Crippen molar-refractivity contribution in [2.45, 2.75) is 58.5 Å². The molecule has 1 saturated heterocycles. The zero-order valence-corrected chi connectivity index (χ0v) is 19.5. The van der Waals surface area contributed by atoms with Gasteiger partial charge in [-0.3, -0.25) is 9.59 Å². The Morgan fingerprint density at radius 1 is 1.12 bits per heavy atom. The third kappa shape index (κ3) is 3.96. The molecule has 172 valence electrons. The SMILES string of the molecule is COCCn1c(C)cc(C(=O)NCCN2C(=O)C3(CCCCC3)C2c2ccccc2)c1C. The molecule has 2 amide bonds. The number of methoxy groups -OCH3 is 1. The van der Waals surface area contributed by atoms with Crippen LogP contribution in [0.4, 0.5) is 0 Å². The normalized spacial score (nSPS) is 19.8. The lowest BCUT2D eigenvalue weighted by Gasteiger charge is -2.58. The predicted octanol–water partition coefficient (Wildman–Crippen LogP) is 4.02. The van der Waals surface area contributed by atoms with Crippen molar-refractivity contribution < 1.29 is 14.3 Å². The van der Waals surface area contributed by atoms with Gasteiger partial charge in [-0.15, -0.1) is 0 Å². The molecule has 2 heterocycles. The molecule has 6 heteroatoms. The second-order valence-corrected chi connectivity index (χ2v) is 9.21. The van der Waals surface area contributed by atoms with E-state index in [-0.39, 0.29) is 23.3 Å². The third-order valence-electron chi connectivity index (χ3n) is 7.36. The number of aromatic nitrogens is 1. The fourth-order valence-corrected chi connectivity index (χ4v) is 5.73. The number of carbonyl (C=O) groups is 2. The van der Waals surface area contributed by atoms with E-state index < -0.39 is 0 Å². The van der Waals surface area contributed by atoms with Crippen LogP contribution in [0.3, 0.4) is 0 Å². The first kappa shape index (κ1) is 22.6. The highest BCUT2D eigenvalue weighted by Crippen LogP contribution is 2.57. The first-order chi connectivity index (χ1) is 15.5. The van der Waals surface area contributed by atoms with E-state index in [4.69, 9.17) is 4.74 Å². The van der Waals surface area contributed by atoms with Crippen LogP contribution in [0, 0.1) is 19.3 Å². The maximum absolute atomic E-state index is 13.3. The quantitative estimate of drug-likeness (QED) is 0.635. The molecule has 0 bridgehead atoms. The van der Waals surface area contributed by atoms with Crippen molar-refractivity contribution in [3.63, 3.8) is 0 Å². The number of hydrogen-bond donors (Lipinski definition) is 1. The average molecular weight is 438 g/mol. The number of aryl methyl sites for hydroxylation is 1. The predicted molar refractivity (Wildman–Crippen MR) is 125 cm³/mol. The molecule has 1 aromatic heterocycles. The number of amides is 2. The van der Waals surface area contributed by atoms with Crippen molar-refractivity contribution in [3.05, 3.63) is 58.9 Å². The highest BCUT2D eigenvalue weighted by molar-refractivity contribution is 5.96. The fraction of sp³-hybridized carbons (Fsp3) is 0.538. The summed E-state index contributed by atoms with van der Waals surface area (Å²) in [4.78, 5) is 28.1. The van der Waals surface area contributed by atoms with Gasteiger partial charge in [0.05, 0.1) is 23.6 Å². The Bertz CT molecular complexity index is 960. The molecule has 6 nitrogen and oxygen atoms in total. The number of benzene rings is 1. The Morgan fingerprint density at radius 2 is 1.84 bits per heavy atom. The maximum atomic E-state index is 13.3. The molecule has 4 rings (SSSR count). The second-order valence-electron chi connectivity index (χ2n) is 9.21. The molecule has 2 fully saturated rings. The Balaban J connectivity index is 1.42. The number of nitrogens with one attached hydrogen (secondary N) is 1. The van der Waals surface area contributed by atoms with Crippen LogP contribution in [0.15, 0.2) is 36.4 Å². The molecule has 1 atom stereocenters. The summed E-state index contributed by atoms with van der Waals surface area (Å²) in [5.74, 6) is 0.177. The van der Waals surface area contributed by atoms with Crippen molar-refractivity contribution >= 4 is 11.8 Å². The van der Waals surface area contributed by atoms with Crippen LogP contribution in [0.25, 0.3) is 0 Å². The van der Waals surface area contributed by atoms with Crippen LogP contribution in [0.1, 0.15) is 65.5 Å². The summed E-state index contributed by atoms with van der Waals surface area (Å²) in [6.45, 7) is 6.29. The second kappa shape index (κ2) is 9.49. The number of rotatable bonds is 8. The minimum atomic E-state index is -0.240. The third-order valence-corrected chi connectivity index (χ3v) is 7.36. The molecule has 2 aliphatic rings. The van der Waals surface area contributed by atoms with Gasteiger partial charge in [0.2, 0.25) is 5.91 Å². The minimum absolute atomic E-state index is 0.0848. The molecule has 1 unspecified atom stereocenters. The van der Waals surface area contributed by atoms with Gasteiger partial charge in [-0.05, 0) is 38.3 Å². The molecule has 32 heavy (non-hydrogen) atoms. The van der Waals surface area contributed by atoms with Gasteiger partial charge < -0.3 is 19.5 Å². The van der Waals surface area contributed by atoms with E-state index in [1.54, 1.807) is 7.11 Å². The maximum Gasteiger partial charge on any atom is 0.253 e. The van der Waals surface area contributed by atoms with Gasteiger partial charge in [-0.25, -0.2) is 0 Å². The first-order valence-corrected chi connectivity index (χ1v) is 11.8. The van der Waals surface area contributed by atoms with Gasteiger partial charge in [-0.2, -0.15) is 0 Å². The topological polar surface area (TPSA) is 63.6 Å². The van der Waals surface area contributed by atoms with E-state index in [9.17, 15) is 9.59 Å². The standard InChI is InChI=1S/C26H35N3O3/c1-19-18-22(20(2)28(19)16-17-32-3)24(30)27-14-15-29-23(21-10-6-4-7-11-21)26(25(29)31)12-8-5-9-13-26/h4,6-7,10-11,18,23H,5,8-9,12-17H2,1-3H3,(H,27,30). The molecule has 2 aromatic rings. The molecule has 1 N–H and O–H groups in total. The van der Waals surface area contributed by atoms with Crippen molar-refractivity contribution in [2.75, 3.05) is 26.8 Å². The smallest absolute Gasteiger partial charge is 0.253 e. The summed E-state index contributed by atoms with van der Waals surface area (Å²) in [6.07, 6.45) is 5.41. The summed E-state index contributed by atoms with van der Waals surface area (Å²) in [7, 11) is 1.68. The Kier molecular flexibility index (Phi) is 6.70.